The lowest BCUT2D eigenvalue weighted by atomic mass is 9.48. The van der Waals surface area contributed by atoms with Crippen molar-refractivity contribution in [3.05, 3.63) is 188 Å². The maximum Gasteiger partial charge on any atom is 0.137 e. The largest absolute Gasteiger partial charge is 0.456 e. The third-order valence-electron chi connectivity index (χ3n) is 14.0. The number of furan rings is 1. The summed E-state index contributed by atoms with van der Waals surface area (Å²) in [6.45, 7) is 0. The lowest BCUT2D eigenvalue weighted by Crippen LogP contribution is -2.48. The van der Waals surface area contributed by atoms with E-state index >= 15 is 0 Å². The number of fused-ring (bicyclic) bond motifs is 4. The molecule has 4 aliphatic rings. The molecule has 0 aliphatic heterocycles. The Kier molecular flexibility index (Phi) is 7.76. The molecule has 58 heavy (non-hydrogen) atoms. The number of rotatable bonds is 7. The minimum absolute atomic E-state index is 0.415. The van der Waals surface area contributed by atoms with Crippen molar-refractivity contribution >= 4 is 49.8 Å². The number of benzene rings is 8. The van der Waals surface area contributed by atoms with E-state index in [1.54, 1.807) is 5.56 Å². The normalized spacial score (nSPS) is 20.9. The van der Waals surface area contributed by atoms with Gasteiger partial charge in [-0.15, -0.1) is 0 Å². The monoisotopic (exact) mass is 747 g/mol. The summed E-state index contributed by atoms with van der Waals surface area (Å²) in [6, 6.07) is 66.9. The predicted molar refractivity (Wildman–Crippen MR) is 242 cm³/mol. The summed E-state index contributed by atoms with van der Waals surface area (Å²) in [7, 11) is 0. The van der Waals surface area contributed by atoms with Crippen molar-refractivity contribution < 1.29 is 4.42 Å². The Bertz CT molecular complexity index is 2930. The first-order valence-electron chi connectivity index (χ1n) is 21.2. The Morgan fingerprint density at radius 3 is 1.76 bits per heavy atom. The van der Waals surface area contributed by atoms with Crippen LogP contribution < -0.4 is 4.90 Å². The van der Waals surface area contributed by atoms with Gasteiger partial charge >= 0.3 is 0 Å². The molecule has 13 rings (SSSR count). The van der Waals surface area contributed by atoms with Gasteiger partial charge in [-0.1, -0.05) is 140 Å². The van der Waals surface area contributed by atoms with Crippen molar-refractivity contribution in [3.63, 3.8) is 0 Å². The molecule has 9 aromatic rings. The van der Waals surface area contributed by atoms with Crippen molar-refractivity contribution in [1.29, 1.82) is 0 Å². The van der Waals surface area contributed by atoms with Crippen LogP contribution >= 0.6 is 0 Å². The zero-order chi connectivity index (χ0) is 38.2. The third kappa shape index (κ3) is 5.53. The molecule has 4 fully saturated rings. The SMILES string of the molecule is c1ccc(-c2cccc3cccc(-c4ccccc4N(c4ccc(-c5ccc(C67CC8CC(CC(C8)C6)C7)cc5)cc4)c4ccc5c(c4)oc4ccccc45)c23)cc1. The smallest absolute Gasteiger partial charge is 0.137 e. The van der Waals surface area contributed by atoms with E-state index in [0.717, 1.165) is 56.8 Å². The molecule has 2 nitrogen and oxygen atoms in total. The first-order chi connectivity index (χ1) is 28.7. The highest BCUT2D eigenvalue weighted by atomic mass is 16.3. The van der Waals surface area contributed by atoms with Gasteiger partial charge in [0.25, 0.3) is 0 Å². The molecule has 280 valence electrons. The summed E-state index contributed by atoms with van der Waals surface area (Å²) in [4.78, 5) is 2.41. The second-order valence-corrected chi connectivity index (χ2v) is 17.5. The zero-order valence-corrected chi connectivity index (χ0v) is 32.7. The van der Waals surface area contributed by atoms with Crippen molar-refractivity contribution in [3.8, 4) is 33.4 Å². The Morgan fingerprint density at radius 2 is 1.02 bits per heavy atom. The van der Waals surface area contributed by atoms with Gasteiger partial charge in [-0.25, -0.2) is 0 Å². The molecule has 1 heterocycles. The standard InChI is InChI=1S/C56H45NO/c1-2-10-42(11-3-1)47-16-8-12-43-13-9-17-51(55(43)47)48-14-4-6-18-52(48)57(46-28-29-50-49-15-5-7-19-53(49)58-54(50)33-46)45-26-22-41(23-27-45)40-20-24-44(25-21-40)56-34-37-30-38(35-56)32-39(31-37)36-56/h1-29,33,37-39H,30-32,34-36H2. The minimum Gasteiger partial charge on any atom is -0.456 e. The van der Waals surface area contributed by atoms with Gasteiger partial charge in [-0.3, -0.25) is 0 Å². The van der Waals surface area contributed by atoms with Crippen LogP contribution in [0.1, 0.15) is 44.1 Å². The van der Waals surface area contributed by atoms with E-state index in [-0.39, 0.29) is 0 Å². The number of anilines is 3. The summed E-state index contributed by atoms with van der Waals surface area (Å²) in [5, 5.41) is 4.74. The molecule has 0 spiro atoms. The van der Waals surface area contributed by atoms with Gasteiger partial charge in [0.05, 0.1) is 5.69 Å². The first-order valence-corrected chi connectivity index (χ1v) is 21.2. The Morgan fingerprint density at radius 1 is 0.431 bits per heavy atom. The van der Waals surface area contributed by atoms with Crippen LogP contribution in [-0.2, 0) is 5.41 Å². The second kappa shape index (κ2) is 13.4. The van der Waals surface area contributed by atoms with Gasteiger partial charge in [-0.2, -0.15) is 0 Å². The van der Waals surface area contributed by atoms with Gasteiger partial charge in [0.2, 0.25) is 0 Å². The molecule has 2 heteroatoms. The first kappa shape index (κ1) is 33.7. The Hall–Kier alpha value is -6.38. The van der Waals surface area contributed by atoms with E-state index in [2.05, 4.69) is 181 Å². The van der Waals surface area contributed by atoms with Gasteiger partial charge in [0.15, 0.2) is 0 Å². The van der Waals surface area contributed by atoms with Gasteiger partial charge in [0.1, 0.15) is 11.2 Å². The maximum atomic E-state index is 6.49. The quantitative estimate of drug-likeness (QED) is 0.161. The molecule has 0 amide bonds. The molecule has 0 atom stereocenters. The molecule has 4 aliphatic carbocycles. The van der Waals surface area contributed by atoms with Crippen molar-refractivity contribution in [2.75, 3.05) is 4.90 Å². The van der Waals surface area contributed by atoms with Crippen molar-refractivity contribution in [1.82, 2.24) is 0 Å². The lowest BCUT2D eigenvalue weighted by Gasteiger charge is -2.57. The van der Waals surface area contributed by atoms with Crippen LogP contribution in [0, 0.1) is 17.8 Å². The molecular weight excluding hydrogens is 703 g/mol. The van der Waals surface area contributed by atoms with Crippen LogP contribution in [0.5, 0.6) is 0 Å². The van der Waals surface area contributed by atoms with E-state index in [1.807, 2.05) is 6.07 Å². The van der Waals surface area contributed by atoms with Crippen LogP contribution in [-0.4, -0.2) is 0 Å². The lowest BCUT2D eigenvalue weighted by molar-refractivity contribution is -0.00518. The highest BCUT2D eigenvalue weighted by Gasteiger charge is 2.51. The van der Waals surface area contributed by atoms with Crippen molar-refractivity contribution in [2.24, 2.45) is 17.8 Å². The molecule has 1 aromatic heterocycles. The maximum absolute atomic E-state index is 6.49. The molecule has 0 saturated heterocycles. The molecular formula is C56H45NO. The Labute approximate surface area is 340 Å². The topological polar surface area (TPSA) is 16.4 Å². The number of para-hydroxylation sites is 2. The molecule has 4 saturated carbocycles. The van der Waals surface area contributed by atoms with Gasteiger partial charge in [0, 0.05) is 33.8 Å². The number of hydrogen-bond acceptors (Lipinski definition) is 2. The van der Waals surface area contributed by atoms with Crippen LogP contribution in [0.3, 0.4) is 0 Å². The van der Waals surface area contributed by atoms with E-state index in [4.69, 9.17) is 4.42 Å². The molecule has 0 unspecified atom stereocenters. The molecule has 8 aromatic carbocycles. The molecule has 0 N–H and O–H groups in total. The minimum atomic E-state index is 0.415. The van der Waals surface area contributed by atoms with E-state index in [0.29, 0.717) is 5.41 Å². The summed E-state index contributed by atoms with van der Waals surface area (Å²) >= 11 is 0. The van der Waals surface area contributed by atoms with Crippen LogP contribution in [0.2, 0.25) is 0 Å². The molecule has 4 bridgehead atoms. The average molecular weight is 748 g/mol. The van der Waals surface area contributed by atoms with E-state index in [9.17, 15) is 0 Å². The number of nitrogens with zero attached hydrogens (tertiary/aromatic N) is 1. The zero-order valence-electron chi connectivity index (χ0n) is 32.7. The van der Waals surface area contributed by atoms with Crippen LogP contribution in [0.25, 0.3) is 66.1 Å². The van der Waals surface area contributed by atoms with Gasteiger partial charge < -0.3 is 9.32 Å². The highest BCUT2D eigenvalue weighted by Crippen LogP contribution is 2.61. The van der Waals surface area contributed by atoms with E-state index in [1.165, 1.54) is 82.7 Å². The number of hydrogen-bond donors (Lipinski definition) is 0. The van der Waals surface area contributed by atoms with Gasteiger partial charge in [-0.05, 0) is 142 Å². The van der Waals surface area contributed by atoms with Crippen molar-refractivity contribution in [2.45, 2.75) is 43.9 Å². The van der Waals surface area contributed by atoms with Crippen LogP contribution in [0.4, 0.5) is 17.1 Å². The fraction of sp³-hybridized carbons (Fsp3) is 0.179. The molecule has 0 radical (unpaired) electrons. The summed E-state index contributed by atoms with van der Waals surface area (Å²) < 4.78 is 6.49. The third-order valence-corrected chi connectivity index (χ3v) is 14.0. The fourth-order valence-corrected chi connectivity index (χ4v) is 11.9. The Balaban J connectivity index is 0.978. The van der Waals surface area contributed by atoms with E-state index < -0.39 is 0 Å². The average Bonchev–Trinajstić information content (AvgIpc) is 3.64. The van der Waals surface area contributed by atoms with Crippen LogP contribution in [0.15, 0.2) is 186 Å². The second-order valence-electron chi connectivity index (χ2n) is 17.5. The highest BCUT2D eigenvalue weighted by molar-refractivity contribution is 6.10. The summed E-state index contributed by atoms with van der Waals surface area (Å²) in [5.74, 6) is 2.85. The summed E-state index contributed by atoms with van der Waals surface area (Å²) in [6.07, 6.45) is 8.64. The fourth-order valence-electron chi connectivity index (χ4n) is 11.9. The summed E-state index contributed by atoms with van der Waals surface area (Å²) in [5.41, 5.74) is 14.4. The predicted octanol–water partition coefficient (Wildman–Crippen LogP) is 15.7.